The van der Waals surface area contributed by atoms with Crippen LogP contribution in [-0.4, -0.2) is 0 Å². The minimum absolute atomic E-state index is 0.391. The molecule has 0 saturated carbocycles. The molecular weight excluding hydrogens is 1010 g/mol. The Bertz CT molecular complexity index is 4180. The second kappa shape index (κ2) is 17.1. The third kappa shape index (κ3) is 6.55. The summed E-state index contributed by atoms with van der Waals surface area (Å²) in [6.07, 6.45) is 0. The van der Waals surface area contributed by atoms with Gasteiger partial charge in [-0.15, -0.1) is 0 Å². The van der Waals surface area contributed by atoms with Gasteiger partial charge in [-0.2, -0.15) is 0 Å². The summed E-state index contributed by atoms with van der Waals surface area (Å²) in [7, 11) is 0. The van der Waals surface area contributed by atoms with E-state index in [1.165, 1.54) is 178 Å². The maximum Gasteiger partial charge on any atom is 0.0165 e. The summed E-state index contributed by atoms with van der Waals surface area (Å²) in [5.74, 6) is 0. The first-order valence-electron chi connectivity index (χ1n) is 30.2. The number of hydrogen-bond donors (Lipinski definition) is 0. The fraction of sp³-hybridized carbons (Fsp3) is 0.143. The Morgan fingerprint density at radius 2 is 0.345 bits per heavy atom. The zero-order valence-electron chi connectivity index (χ0n) is 49.1. The van der Waals surface area contributed by atoms with Crippen molar-refractivity contribution in [3.8, 4) is 134 Å². The molecule has 5 aliphatic rings. The van der Waals surface area contributed by atoms with Crippen LogP contribution in [0.5, 0.6) is 0 Å². The van der Waals surface area contributed by atoms with E-state index in [4.69, 9.17) is 0 Å². The van der Waals surface area contributed by atoms with Crippen molar-refractivity contribution in [3.05, 3.63) is 287 Å². The lowest BCUT2D eigenvalue weighted by Gasteiger charge is -2.30. The second-order valence-electron chi connectivity index (χ2n) is 26.7. The minimum atomic E-state index is -0.391. The monoisotopic (exact) mass is 1070 g/mol. The molecule has 0 nitrogen and oxygen atoms in total. The van der Waals surface area contributed by atoms with Crippen LogP contribution in [0.2, 0.25) is 0 Å². The van der Waals surface area contributed by atoms with Gasteiger partial charge in [0.05, 0.1) is 0 Å². The highest BCUT2D eigenvalue weighted by Crippen LogP contribution is 2.74. The Balaban J connectivity index is 1.06. The van der Waals surface area contributed by atoms with Crippen LogP contribution < -0.4 is 0 Å². The Morgan fingerprint density at radius 1 is 0.167 bits per heavy atom. The van der Waals surface area contributed by atoms with E-state index in [0.717, 1.165) is 0 Å². The highest BCUT2D eigenvalue weighted by atomic mass is 14.6. The van der Waals surface area contributed by atoms with Crippen molar-refractivity contribution >= 4 is 0 Å². The molecule has 17 rings (SSSR count). The molecule has 0 amide bonds. The van der Waals surface area contributed by atoms with Crippen LogP contribution in [0, 0.1) is 0 Å². The van der Waals surface area contributed by atoms with Crippen molar-refractivity contribution in [1.82, 2.24) is 0 Å². The summed E-state index contributed by atoms with van der Waals surface area (Å²) in [6, 6.07) is 92.3. The Labute approximate surface area is 494 Å². The molecular formula is C84H64. The lowest BCUT2D eigenvalue weighted by atomic mass is 9.72. The molecule has 12 aromatic rings. The van der Waals surface area contributed by atoms with Crippen LogP contribution in [0.4, 0.5) is 0 Å². The number of benzene rings is 12. The van der Waals surface area contributed by atoms with Gasteiger partial charge in [-0.05, 0) is 227 Å². The van der Waals surface area contributed by atoms with Gasteiger partial charge >= 0.3 is 0 Å². The summed E-state index contributed by atoms with van der Waals surface area (Å²) in [5.41, 5.74) is 41.7. The van der Waals surface area contributed by atoms with E-state index < -0.39 is 21.7 Å². The fourth-order valence-corrected chi connectivity index (χ4v) is 16.8. The summed E-state index contributed by atoms with van der Waals surface area (Å²) >= 11 is 0. The number of rotatable bonds is 8. The molecule has 0 unspecified atom stereocenters. The average Bonchev–Trinajstić information content (AvgIpc) is 1.48. The van der Waals surface area contributed by atoms with E-state index in [1.807, 2.05) is 0 Å². The molecule has 0 heteroatoms. The molecule has 0 spiro atoms. The first-order valence-corrected chi connectivity index (χ1v) is 30.2. The van der Waals surface area contributed by atoms with Crippen molar-refractivity contribution in [3.63, 3.8) is 0 Å². The largest absolute Gasteiger partial charge is 0.0622 e. The zero-order valence-corrected chi connectivity index (χ0v) is 49.1. The molecule has 0 aromatic heterocycles. The van der Waals surface area contributed by atoms with E-state index >= 15 is 0 Å². The van der Waals surface area contributed by atoms with E-state index in [9.17, 15) is 0 Å². The van der Waals surface area contributed by atoms with Crippen molar-refractivity contribution in [2.75, 3.05) is 0 Å². The molecule has 0 atom stereocenters. The molecule has 0 fully saturated rings. The zero-order chi connectivity index (χ0) is 56.8. The van der Waals surface area contributed by atoms with Gasteiger partial charge in [0.1, 0.15) is 0 Å². The summed E-state index contributed by atoms with van der Waals surface area (Å²) < 4.78 is 0. The van der Waals surface area contributed by atoms with Crippen molar-refractivity contribution in [1.29, 1.82) is 0 Å². The Kier molecular flexibility index (Phi) is 10.0. The highest BCUT2D eigenvalue weighted by Gasteiger charge is 2.56. The minimum Gasteiger partial charge on any atom is -0.0622 e. The molecule has 0 saturated heterocycles. The third-order valence-electron chi connectivity index (χ3n) is 20.6. The maximum atomic E-state index is 2.68. The third-order valence-corrected chi connectivity index (χ3v) is 20.6. The summed E-state index contributed by atoms with van der Waals surface area (Å²) in [5, 5.41) is 0. The van der Waals surface area contributed by atoms with E-state index in [-0.39, 0.29) is 0 Å². The average molecular weight is 1070 g/mol. The molecule has 0 N–H and O–H groups in total. The quantitative estimate of drug-likeness (QED) is 0.142. The maximum absolute atomic E-state index is 2.68. The smallest absolute Gasteiger partial charge is 0.0165 e. The van der Waals surface area contributed by atoms with Gasteiger partial charge in [0, 0.05) is 21.7 Å². The SMILES string of the molecule is CC1(C)c2cc(-c3cccc(-c4ccccc4)c3)c3c4c2-c2c5c(cc(-c6cccc(-c7ccccc7)c6)c21)C(C)(C)c1c(-c2cccc(-c6ccccc6)c2)cc2c(c1-5)-c1c-4c(cc(-c4cccc(-c5ccccc5)c4)c1C2(C)C)C3(C)C. The van der Waals surface area contributed by atoms with E-state index in [0.29, 0.717) is 0 Å². The molecule has 0 heterocycles. The number of hydrogen-bond acceptors (Lipinski definition) is 0. The fourth-order valence-electron chi connectivity index (χ4n) is 16.8. The molecule has 0 radical (unpaired) electrons. The van der Waals surface area contributed by atoms with Gasteiger partial charge in [-0.25, -0.2) is 0 Å². The molecule has 12 aromatic carbocycles. The van der Waals surface area contributed by atoms with Gasteiger partial charge in [0.15, 0.2) is 0 Å². The van der Waals surface area contributed by atoms with Crippen molar-refractivity contribution in [2.45, 2.75) is 77.0 Å². The van der Waals surface area contributed by atoms with Crippen LogP contribution in [0.15, 0.2) is 243 Å². The van der Waals surface area contributed by atoms with Crippen LogP contribution in [-0.2, 0) is 21.7 Å². The predicted molar refractivity (Wildman–Crippen MR) is 354 cm³/mol. The first kappa shape index (κ1) is 49.3. The van der Waals surface area contributed by atoms with Gasteiger partial charge in [-0.3, -0.25) is 0 Å². The molecule has 0 bridgehead atoms. The van der Waals surface area contributed by atoms with Crippen molar-refractivity contribution < 1.29 is 0 Å². The standard InChI is InChI=1S/C84H64/c1-81(2)65-45-62(58-38-22-34-54(42-58)50-27-15-10-16-28-50)78-74-69(65)73-70-66(46-61(77(73)81)57-37-21-33-53(41-57)49-25-13-9-14-26-49)82(3,4)79-63(59-39-23-35-55(43-59)51-29-17-11-18-30-51)48-68-72(75(70)79)76-71(74)67(83(78,5)6)47-64(80(76)84(68,7)8)60-40-24-36-56(44-60)52-31-19-12-20-32-52/h9-48H,1-8H3. The Hall–Kier alpha value is -9.36. The second-order valence-corrected chi connectivity index (χ2v) is 26.7. The van der Waals surface area contributed by atoms with Crippen LogP contribution in [0.1, 0.15) is 99.9 Å². The molecule has 0 aliphatic heterocycles. The predicted octanol–water partition coefficient (Wildman–Crippen LogP) is 22.6. The van der Waals surface area contributed by atoms with Gasteiger partial charge in [0.25, 0.3) is 0 Å². The van der Waals surface area contributed by atoms with Crippen molar-refractivity contribution in [2.24, 2.45) is 0 Å². The van der Waals surface area contributed by atoms with E-state index in [2.05, 4.69) is 298 Å². The van der Waals surface area contributed by atoms with Crippen LogP contribution in [0.25, 0.3) is 134 Å². The molecule has 5 aliphatic carbocycles. The van der Waals surface area contributed by atoms with Crippen LogP contribution >= 0.6 is 0 Å². The van der Waals surface area contributed by atoms with Crippen LogP contribution in [0.3, 0.4) is 0 Å². The molecule has 400 valence electrons. The molecule has 84 heavy (non-hydrogen) atoms. The topological polar surface area (TPSA) is 0 Å². The summed E-state index contributed by atoms with van der Waals surface area (Å²) in [6.45, 7) is 20.4. The highest BCUT2D eigenvalue weighted by molar-refractivity contribution is 6.20. The summed E-state index contributed by atoms with van der Waals surface area (Å²) in [4.78, 5) is 0. The van der Waals surface area contributed by atoms with E-state index in [1.54, 1.807) is 0 Å². The lowest BCUT2D eigenvalue weighted by molar-refractivity contribution is 0.645. The Morgan fingerprint density at radius 3 is 0.548 bits per heavy atom. The van der Waals surface area contributed by atoms with Gasteiger partial charge in [-0.1, -0.05) is 250 Å². The van der Waals surface area contributed by atoms with Gasteiger partial charge in [0.2, 0.25) is 0 Å². The first-order chi connectivity index (χ1) is 40.7. The van der Waals surface area contributed by atoms with Gasteiger partial charge < -0.3 is 0 Å². The lowest BCUT2D eigenvalue weighted by Crippen LogP contribution is -2.21. The normalized spacial score (nSPS) is 15.5.